The highest BCUT2D eigenvalue weighted by molar-refractivity contribution is 6.31. The summed E-state index contributed by atoms with van der Waals surface area (Å²) < 4.78 is 0. The summed E-state index contributed by atoms with van der Waals surface area (Å²) >= 11 is 0. The largest absolute Gasteiger partial charge is 0.293 e. The Morgan fingerprint density at radius 3 is 1.42 bits per heavy atom. The molecule has 0 aliphatic heterocycles. The molecule has 0 radical (unpaired) electrons. The molecule has 4 aliphatic rings. The van der Waals surface area contributed by atoms with Crippen LogP contribution in [0.5, 0.6) is 0 Å². The number of carbonyl (C=O) groups excluding carboxylic acids is 2. The van der Waals surface area contributed by atoms with Gasteiger partial charge in [-0.1, -0.05) is 147 Å². The molecule has 1 heterocycles. The molecule has 4 aromatic rings. The van der Waals surface area contributed by atoms with Gasteiger partial charge in [-0.3, -0.25) is 9.59 Å². The summed E-state index contributed by atoms with van der Waals surface area (Å²) in [6, 6.07) is 26.6. The van der Waals surface area contributed by atoms with Crippen LogP contribution < -0.4 is 0 Å². The van der Waals surface area contributed by atoms with Crippen LogP contribution in [-0.2, 0) is 5.41 Å². The van der Waals surface area contributed by atoms with E-state index in [0.29, 0.717) is 22.5 Å². The molecule has 4 aliphatic carbocycles. The number of ketones is 2. The maximum absolute atomic E-state index is 14.8. The normalized spacial score (nSPS) is 19.2. The van der Waals surface area contributed by atoms with Gasteiger partial charge in [0.1, 0.15) is 11.4 Å². The average Bonchev–Trinajstić information content (AvgIpc) is 3.89. The van der Waals surface area contributed by atoms with Crippen molar-refractivity contribution in [2.45, 2.75) is 49.4 Å². The van der Waals surface area contributed by atoms with Gasteiger partial charge in [-0.15, -0.1) is 10.2 Å². The number of Topliss-reactive ketones (excluding diaryl/α,β-unsaturated/α-hetero) is 2. The van der Waals surface area contributed by atoms with Gasteiger partial charge in [0.05, 0.1) is 17.0 Å². The van der Waals surface area contributed by atoms with E-state index in [0.717, 1.165) is 48.8 Å². The van der Waals surface area contributed by atoms with Crippen molar-refractivity contribution in [2.24, 2.45) is 5.92 Å². The second-order valence-corrected chi connectivity index (χ2v) is 12.7. The van der Waals surface area contributed by atoms with Gasteiger partial charge in [0, 0.05) is 28.4 Å². The van der Waals surface area contributed by atoms with Crippen molar-refractivity contribution < 1.29 is 9.59 Å². The van der Waals surface area contributed by atoms with Crippen molar-refractivity contribution in [1.82, 2.24) is 10.2 Å². The Morgan fingerprint density at radius 1 is 0.533 bits per heavy atom. The van der Waals surface area contributed by atoms with Crippen LogP contribution >= 0.6 is 0 Å². The predicted molar refractivity (Wildman–Crippen MR) is 178 cm³/mol. The number of aromatic nitrogens is 2. The highest BCUT2D eigenvalue weighted by Gasteiger charge is 2.55. The zero-order chi connectivity index (χ0) is 30.4. The number of nitrogens with zero attached hydrogens (tertiary/aromatic N) is 2. The number of hydrogen-bond donors (Lipinski definition) is 0. The van der Waals surface area contributed by atoms with Crippen LogP contribution in [0.4, 0.5) is 0 Å². The molecule has 45 heavy (non-hydrogen) atoms. The molecule has 3 aromatic carbocycles. The fraction of sp³-hybridized carbons (Fsp3) is 0.220. The molecule has 1 fully saturated rings. The van der Waals surface area contributed by atoms with E-state index in [2.05, 4.69) is 85.0 Å². The second kappa shape index (κ2) is 11.2. The quantitative estimate of drug-likeness (QED) is 0.211. The smallest absolute Gasteiger partial charge is 0.177 e. The molecule has 4 nitrogen and oxygen atoms in total. The number of rotatable bonds is 6. The van der Waals surface area contributed by atoms with E-state index in [4.69, 9.17) is 10.2 Å². The zero-order valence-electron chi connectivity index (χ0n) is 25.1. The third kappa shape index (κ3) is 4.59. The molecule has 0 unspecified atom stereocenters. The number of benzene rings is 3. The van der Waals surface area contributed by atoms with Crippen LogP contribution in [-0.4, -0.2) is 21.8 Å². The summed E-state index contributed by atoms with van der Waals surface area (Å²) in [5.74, 6) is -0.548. The summed E-state index contributed by atoms with van der Waals surface area (Å²) in [6.45, 7) is 0. The van der Waals surface area contributed by atoms with Crippen LogP contribution in [0, 0.1) is 5.92 Å². The van der Waals surface area contributed by atoms with E-state index < -0.39 is 11.3 Å². The van der Waals surface area contributed by atoms with Crippen molar-refractivity contribution in [3.8, 4) is 22.5 Å². The Labute approximate surface area is 263 Å². The standard InChI is InChI=1S/C41H34N2O2/c44-39-34-35(40(45)36(39)41(25-9-2-10-26-41)33-15-3-1-4-16-33)38(32-23-19-30(20-24-32)28-13-7-8-14-28)43-42-37(34)31-21-17-29(18-22-31)27-11-5-6-12-27/h1,3-8,11-24,27-28,36H,2,9-10,25-26H2. The first-order valence-electron chi connectivity index (χ1n) is 16.1. The van der Waals surface area contributed by atoms with Crippen LogP contribution in [0.3, 0.4) is 0 Å². The number of hydrogen-bond acceptors (Lipinski definition) is 4. The zero-order valence-corrected chi connectivity index (χ0v) is 25.1. The Morgan fingerprint density at radius 2 is 0.978 bits per heavy atom. The predicted octanol–water partition coefficient (Wildman–Crippen LogP) is 9.13. The molecular weight excluding hydrogens is 552 g/mol. The first kappa shape index (κ1) is 27.6. The summed E-state index contributed by atoms with van der Waals surface area (Å²) in [6.07, 6.45) is 21.6. The van der Waals surface area contributed by atoms with Crippen LogP contribution in [0.2, 0.25) is 0 Å². The third-order valence-corrected chi connectivity index (χ3v) is 10.3. The van der Waals surface area contributed by atoms with E-state index in [1.807, 2.05) is 42.5 Å². The maximum Gasteiger partial charge on any atom is 0.177 e. The van der Waals surface area contributed by atoms with Gasteiger partial charge in [-0.25, -0.2) is 0 Å². The molecule has 0 saturated heterocycles. The molecule has 0 spiro atoms. The Kier molecular flexibility index (Phi) is 6.86. The van der Waals surface area contributed by atoms with Gasteiger partial charge in [-0.05, 0) is 29.5 Å². The fourth-order valence-electron chi connectivity index (χ4n) is 7.96. The second-order valence-electron chi connectivity index (χ2n) is 12.7. The minimum atomic E-state index is -0.792. The van der Waals surface area contributed by atoms with E-state index in [-0.39, 0.29) is 23.4 Å². The van der Waals surface area contributed by atoms with Crippen LogP contribution in [0.1, 0.15) is 81.3 Å². The molecule has 1 aromatic heterocycles. The van der Waals surface area contributed by atoms with Crippen molar-refractivity contribution in [1.29, 1.82) is 0 Å². The molecule has 0 atom stereocenters. The van der Waals surface area contributed by atoms with Gasteiger partial charge in [0.15, 0.2) is 11.6 Å². The summed E-state index contributed by atoms with van der Waals surface area (Å²) in [7, 11) is 0. The summed E-state index contributed by atoms with van der Waals surface area (Å²) in [5, 5.41) is 9.42. The molecule has 0 bridgehead atoms. The fourth-order valence-corrected chi connectivity index (χ4v) is 7.96. The Hall–Kier alpha value is -4.96. The lowest BCUT2D eigenvalue weighted by molar-refractivity contribution is 0.0709. The van der Waals surface area contributed by atoms with Gasteiger partial charge < -0.3 is 0 Å². The van der Waals surface area contributed by atoms with Crippen molar-refractivity contribution in [2.75, 3.05) is 0 Å². The van der Waals surface area contributed by atoms with Crippen LogP contribution in [0.25, 0.3) is 22.5 Å². The molecular formula is C41H34N2O2. The summed E-state index contributed by atoms with van der Waals surface area (Å²) in [4.78, 5) is 29.7. The molecule has 8 rings (SSSR count). The lowest BCUT2D eigenvalue weighted by Crippen LogP contribution is -2.43. The van der Waals surface area contributed by atoms with Gasteiger partial charge >= 0.3 is 0 Å². The highest BCUT2D eigenvalue weighted by atomic mass is 16.2. The van der Waals surface area contributed by atoms with Gasteiger partial charge in [-0.2, -0.15) is 0 Å². The van der Waals surface area contributed by atoms with E-state index in [1.165, 1.54) is 11.1 Å². The molecule has 1 saturated carbocycles. The first-order chi connectivity index (χ1) is 22.1. The van der Waals surface area contributed by atoms with Crippen LogP contribution in [0.15, 0.2) is 127 Å². The monoisotopic (exact) mass is 586 g/mol. The lowest BCUT2D eigenvalue weighted by atomic mass is 9.60. The Balaban J connectivity index is 1.27. The maximum atomic E-state index is 14.8. The highest BCUT2D eigenvalue weighted by Crippen LogP contribution is 2.52. The molecule has 0 N–H and O–H groups in total. The van der Waals surface area contributed by atoms with Crippen molar-refractivity contribution in [3.05, 3.63) is 155 Å². The average molecular weight is 587 g/mol. The van der Waals surface area contributed by atoms with Crippen molar-refractivity contribution in [3.63, 3.8) is 0 Å². The van der Waals surface area contributed by atoms with Gasteiger partial charge in [0.2, 0.25) is 0 Å². The third-order valence-electron chi connectivity index (χ3n) is 10.3. The van der Waals surface area contributed by atoms with Gasteiger partial charge in [0.25, 0.3) is 0 Å². The molecule has 4 heteroatoms. The Bertz CT molecular complexity index is 1770. The minimum absolute atomic E-state index is 0.115. The van der Waals surface area contributed by atoms with Crippen molar-refractivity contribution >= 4 is 11.6 Å². The minimum Gasteiger partial charge on any atom is -0.293 e. The topological polar surface area (TPSA) is 59.9 Å². The number of allylic oxidation sites excluding steroid dienone is 8. The van der Waals surface area contributed by atoms with E-state index >= 15 is 0 Å². The molecule has 0 amide bonds. The molecule has 220 valence electrons. The SMILES string of the molecule is O=C1c2c(-c3ccc(C4C=CC=C4)cc3)nnc(-c3ccc(C4C=CC=C4)cc3)c2C(=O)C1C1(c2ccccc2)CCCCC1. The lowest BCUT2D eigenvalue weighted by Gasteiger charge is -2.41. The van der Waals surface area contributed by atoms with E-state index in [9.17, 15) is 9.59 Å². The summed E-state index contributed by atoms with van der Waals surface area (Å²) in [5.41, 5.74) is 6.32. The first-order valence-corrected chi connectivity index (χ1v) is 16.1. The number of carbonyl (C=O) groups is 2. The van der Waals surface area contributed by atoms with E-state index in [1.54, 1.807) is 0 Å². The number of fused-ring (bicyclic) bond motifs is 1.